The molecule has 3 rings (SSSR count). The zero-order valence-electron chi connectivity index (χ0n) is 16.9. The zero-order valence-corrected chi connectivity index (χ0v) is 16.9. The molecule has 3 unspecified atom stereocenters. The number of hydrogen-bond acceptors (Lipinski definition) is 5. The largest absolute Gasteiger partial charge is 0.496 e. The zero-order chi connectivity index (χ0) is 20.6. The summed E-state index contributed by atoms with van der Waals surface area (Å²) in [4.78, 5) is 40.9. The number of ether oxygens (including phenoxy) is 2. The number of nitrogens with one attached hydrogen (secondary N) is 1. The molecule has 8 heteroatoms. The lowest BCUT2D eigenvalue weighted by atomic mass is 9.90. The van der Waals surface area contributed by atoms with Crippen LogP contribution in [0.5, 0.6) is 5.75 Å². The Labute approximate surface area is 164 Å². The molecule has 2 aliphatic rings. The first-order valence-corrected chi connectivity index (χ1v) is 9.38. The predicted molar refractivity (Wildman–Crippen MR) is 102 cm³/mol. The van der Waals surface area contributed by atoms with Gasteiger partial charge >= 0.3 is 6.03 Å². The smallest absolute Gasteiger partial charge is 0.325 e. The average molecular weight is 389 g/mol. The number of aryl methyl sites for hydroxylation is 1. The van der Waals surface area contributed by atoms with Gasteiger partial charge < -0.3 is 19.7 Å². The molecule has 1 aromatic carbocycles. The van der Waals surface area contributed by atoms with E-state index in [1.807, 2.05) is 26.8 Å². The molecule has 2 saturated heterocycles. The molecule has 0 radical (unpaired) electrons. The van der Waals surface area contributed by atoms with Gasteiger partial charge in [0, 0.05) is 13.1 Å². The Morgan fingerprint density at radius 3 is 2.50 bits per heavy atom. The van der Waals surface area contributed by atoms with Crippen molar-refractivity contribution >= 4 is 17.8 Å². The molecule has 4 amide bonds. The summed E-state index contributed by atoms with van der Waals surface area (Å²) in [6.07, 6.45) is -0.160. The molecule has 0 aliphatic carbocycles. The third-order valence-electron chi connectivity index (χ3n) is 5.31. The fraction of sp³-hybridized carbons (Fsp3) is 0.550. The Kier molecular flexibility index (Phi) is 5.34. The van der Waals surface area contributed by atoms with Gasteiger partial charge in [0.2, 0.25) is 5.91 Å². The molecule has 152 valence electrons. The minimum absolute atomic E-state index is 0.0802. The lowest BCUT2D eigenvalue weighted by molar-refractivity contribution is -0.146. The van der Waals surface area contributed by atoms with Crippen LogP contribution in [0.25, 0.3) is 0 Å². The highest BCUT2D eigenvalue weighted by Crippen LogP contribution is 2.31. The maximum absolute atomic E-state index is 13.1. The Bertz CT molecular complexity index is 801. The SMILES string of the molecule is COc1ccc(C2(C)NC(=O)N(CC(=O)N3CC(C)OC(C)C3)C2=O)cc1C. The highest BCUT2D eigenvalue weighted by Gasteiger charge is 2.50. The number of methoxy groups -OCH3 is 1. The van der Waals surface area contributed by atoms with E-state index in [4.69, 9.17) is 9.47 Å². The van der Waals surface area contributed by atoms with Gasteiger partial charge in [-0.25, -0.2) is 4.79 Å². The summed E-state index contributed by atoms with van der Waals surface area (Å²) in [5.74, 6) is -0.00264. The number of urea groups is 1. The number of hydrogen-bond donors (Lipinski definition) is 1. The Morgan fingerprint density at radius 1 is 1.29 bits per heavy atom. The molecule has 3 atom stereocenters. The van der Waals surface area contributed by atoms with Crippen LogP contribution >= 0.6 is 0 Å². The second-order valence-corrected chi connectivity index (χ2v) is 7.69. The third kappa shape index (κ3) is 3.56. The molecule has 2 aliphatic heterocycles. The summed E-state index contributed by atoms with van der Waals surface area (Å²) < 4.78 is 10.9. The van der Waals surface area contributed by atoms with Crippen LogP contribution in [-0.4, -0.2) is 66.6 Å². The number of rotatable bonds is 4. The van der Waals surface area contributed by atoms with Crippen molar-refractivity contribution in [1.29, 1.82) is 0 Å². The molecule has 2 fully saturated rings. The fourth-order valence-electron chi connectivity index (χ4n) is 3.84. The van der Waals surface area contributed by atoms with Crippen LogP contribution in [0.1, 0.15) is 31.9 Å². The van der Waals surface area contributed by atoms with Crippen LogP contribution in [0.3, 0.4) is 0 Å². The van der Waals surface area contributed by atoms with Crippen LogP contribution in [0.2, 0.25) is 0 Å². The number of benzene rings is 1. The van der Waals surface area contributed by atoms with Gasteiger partial charge in [-0.2, -0.15) is 0 Å². The van der Waals surface area contributed by atoms with Crippen LogP contribution < -0.4 is 10.1 Å². The summed E-state index contributed by atoms with van der Waals surface area (Å²) in [6, 6.07) is 4.76. The first kappa shape index (κ1) is 20.1. The third-order valence-corrected chi connectivity index (χ3v) is 5.31. The van der Waals surface area contributed by atoms with Crippen LogP contribution in [-0.2, 0) is 19.9 Å². The number of morpholine rings is 1. The summed E-state index contributed by atoms with van der Waals surface area (Å²) >= 11 is 0. The number of imide groups is 1. The standard InChI is InChI=1S/C20H27N3O5/c1-12-8-15(6-7-16(12)27-5)20(4)18(25)23(19(26)21-20)11-17(24)22-9-13(2)28-14(3)10-22/h6-8,13-14H,9-11H2,1-5H3,(H,21,26). The predicted octanol–water partition coefficient (Wildman–Crippen LogP) is 1.41. The molecule has 0 bridgehead atoms. The molecular weight excluding hydrogens is 362 g/mol. The second kappa shape index (κ2) is 7.43. The Balaban J connectivity index is 1.77. The average Bonchev–Trinajstić information content (AvgIpc) is 2.85. The first-order chi connectivity index (χ1) is 13.2. The molecule has 28 heavy (non-hydrogen) atoms. The molecule has 1 aromatic rings. The highest BCUT2D eigenvalue weighted by atomic mass is 16.5. The topological polar surface area (TPSA) is 88.2 Å². The van der Waals surface area contributed by atoms with E-state index in [0.29, 0.717) is 24.4 Å². The van der Waals surface area contributed by atoms with Crippen molar-refractivity contribution in [3.63, 3.8) is 0 Å². The lowest BCUT2D eigenvalue weighted by Gasteiger charge is -2.35. The van der Waals surface area contributed by atoms with E-state index in [2.05, 4.69) is 5.32 Å². The quantitative estimate of drug-likeness (QED) is 0.787. The first-order valence-electron chi connectivity index (χ1n) is 9.38. The van der Waals surface area contributed by atoms with Crippen molar-refractivity contribution in [2.75, 3.05) is 26.7 Å². The maximum atomic E-state index is 13.1. The monoisotopic (exact) mass is 389 g/mol. The van der Waals surface area contributed by atoms with E-state index >= 15 is 0 Å². The minimum atomic E-state index is -1.22. The molecule has 1 N–H and O–H groups in total. The highest BCUT2D eigenvalue weighted by molar-refractivity contribution is 6.09. The van der Waals surface area contributed by atoms with Gasteiger partial charge in [-0.15, -0.1) is 0 Å². The number of amides is 4. The summed E-state index contributed by atoms with van der Waals surface area (Å²) in [6.45, 7) is 7.92. The van der Waals surface area contributed by atoms with E-state index in [-0.39, 0.29) is 24.7 Å². The molecular formula is C20H27N3O5. The van der Waals surface area contributed by atoms with E-state index in [0.717, 1.165) is 10.5 Å². The maximum Gasteiger partial charge on any atom is 0.325 e. The second-order valence-electron chi connectivity index (χ2n) is 7.69. The number of carbonyl (C=O) groups excluding carboxylic acids is 3. The van der Waals surface area contributed by atoms with Crippen molar-refractivity contribution in [2.45, 2.75) is 45.4 Å². The van der Waals surface area contributed by atoms with Gasteiger partial charge in [0.05, 0.1) is 19.3 Å². The van der Waals surface area contributed by atoms with Crippen LogP contribution in [0.15, 0.2) is 18.2 Å². The summed E-state index contributed by atoms with van der Waals surface area (Å²) in [5.41, 5.74) is 0.279. The van der Waals surface area contributed by atoms with E-state index in [9.17, 15) is 14.4 Å². The van der Waals surface area contributed by atoms with Gasteiger partial charge in [-0.3, -0.25) is 14.5 Å². The minimum Gasteiger partial charge on any atom is -0.496 e. The van der Waals surface area contributed by atoms with Gasteiger partial charge in [0.1, 0.15) is 17.8 Å². The van der Waals surface area contributed by atoms with Gasteiger partial charge in [0.15, 0.2) is 0 Å². The molecule has 0 aromatic heterocycles. The number of carbonyl (C=O) groups is 3. The Morgan fingerprint density at radius 2 is 1.93 bits per heavy atom. The van der Waals surface area contributed by atoms with E-state index in [1.54, 1.807) is 31.1 Å². The van der Waals surface area contributed by atoms with Gasteiger partial charge in [0.25, 0.3) is 5.91 Å². The van der Waals surface area contributed by atoms with Gasteiger partial charge in [-0.05, 0) is 51.0 Å². The molecule has 0 spiro atoms. The van der Waals surface area contributed by atoms with Crippen LogP contribution in [0, 0.1) is 6.92 Å². The van der Waals surface area contributed by atoms with Crippen molar-refractivity contribution in [3.05, 3.63) is 29.3 Å². The molecule has 8 nitrogen and oxygen atoms in total. The van der Waals surface area contributed by atoms with Crippen molar-refractivity contribution < 1.29 is 23.9 Å². The van der Waals surface area contributed by atoms with Crippen molar-refractivity contribution in [2.24, 2.45) is 0 Å². The molecule has 2 heterocycles. The van der Waals surface area contributed by atoms with Crippen LogP contribution in [0.4, 0.5) is 4.79 Å². The van der Waals surface area contributed by atoms with Gasteiger partial charge in [-0.1, -0.05) is 6.07 Å². The normalized spacial score (nSPS) is 27.8. The Hall–Kier alpha value is -2.61. The summed E-state index contributed by atoms with van der Waals surface area (Å²) in [5, 5.41) is 2.74. The summed E-state index contributed by atoms with van der Waals surface area (Å²) in [7, 11) is 1.58. The van der Waals surface area contributed by atoms with Crippen molar-refractivity contribution in [1.82, 2.24) is 15.1 Å². The molecule has 0 saturated carbocycles. The van der Waals surface area contributed by atoms with E-state index < -0.39 is 17.5 Å². The van der Waals surface area contributed by atoms with E-state index in [1.165, 1.54) is 0 Å². The lowest BCUT2D eigenvalue weighted by Crippen LogP contribution is -2.52. The fourth-order valence-corrected chi connectivity index (χ4v) is 3.84. The number of nitrogens with zero attached hydrogens (tertiary/aromatic N) is 2. The van der Waals surface area contributed by atoms with Crippen molar-refractivity contribution in [3.8, 4) is 5.75 Å².